The van der Waals surface area contributed by atoms with Crippen LogP contribution in [0.15, 0.2) is 66.5 Å². The van der Waals surface area contributed by atoms with Crippen LogP contribution in [-0.2, 0) is 33.8 Å². The number of hydrogen-bond donors (Lipinski definition) is 0. The maximum Gasteiger partial charge on any atom is 1.00 e. The number of allylic oxidation sites excluding steroid dienone is 4. The molecular weight excluding hydrogens is 627 g/mol. The fourth-order valence-electron chi connectivity index (χ4n) is 5.27. The van der Waals surface area contributed by atoms with Crippen molar-refractivity contribution in [3.63, 3.8) is 0 Å². The molecule has 0 saturated carbocycles. The van der Waals surface area contributed by atoms with Crippen molar-refractivity contribution in [1.82, 2.24) is 4.57 Å². The number of anilines is 2. The smallest absolute Gasteiger partial charge is 0.748 e. The molecule has 12 nitrogen and oxygen atoms in total. The van der Waals surface area contributed by atoms with Gasteiger partial charge in [0.15, 0.2) is 16.7 Å². The Morgan fingerprint density at radius 3 is 2.27 bits per heavy atom. The standard InChI is InChI=1S/C30H32N6O6S2.Na/c1-4-34-26-14-12-23(22-31)20-27(26)36(17-9-19-44(40,41)42)30(34)11-7-5-6-10-29-33(3)25-15-13-24(32-2)21-28(25)35(29)16-8-18-43(37,38)39;/h5-7,10-15,20-21H,4,8-9,16-19H2,1,3H3,(H-,37,38,39,40,41,42);/q;+1/p-1. The van der Waals surface area contributed by atoms with E-state index in [0.29, 0.717) is 17.8 Å². The summed E-state index contributed by atoms with van der Waals surface area (Å²) >= 11 is 0. The van der Waals surface area contributed by atoms with Crippen LogP contribution in [0.3, 0.4) is 0 Å². The molecule has 45 heavy (non-hydrogen) atoms. The second kappa shape index (κ2) is 15.2. The Morgan fingerprint density at radius 1 is 0.956 bits per heavy atom. The first-order valence-corrected chi connectivity index (χ1v) is 16.9. The minimum absolute atomic E-state index is 0. The average molecular weight is 659 g/mol. The van der Waals surface area contributed by atoms with E-state index in [1.54, 1.807) is 30.3 Å². The van der Waals surface area contributed by atoms with E-state index in [1.807, 2.05) is 69.3 Å². The second-order valence-electron chi connectivity index (χ2n) is 10.1. The number of fused-ring (bicyclic) bond motifs is 2. The minimum atomic E-state index is -4.38. The van der Waals surface area contributed by atoms with Crippen LogP contribution in [-0.4, -0.2) is 55.1 Å². The molecule has 15 heteroatoms. The van der Waals surface area contributed by atoms with E-state index >= 15 is 0 Å². The number of nitrogens with zero attached hydrogens (tertiary/aromatic N) is 6. The zero-order valence-electron chi connectivity index (χ0n) is 25.2. The van der Waals surface area contributed by atoms with Crippen LogP contribution in [0.25, 0.3) is 22.0 Å². The third kappa shape index (κ3) is 8.83. The molecule has 0 fully saturated rings. The predicted molar refractivity (Wildman–Crippen MR) is 166 cm³/mol. The fourth-order valence-corrected chi connectivity index (χ4v) is 6.23. The van der Waals surface area contributed by atoms with Crippen molar-refractivity contribution in [2.75, 3.05) is 34.4 Å². The summed E-state index contributed by atoms with van der Waals surface area (Å²) < 4.78 is 71.1. The Bertz CT molecular complexity index is 1970. The summed E-state index contributed by atoms with van der Waals surface area (Å²) in [6, 6.07) is 12.7. The maximum atomic E-state index is 11.2. The van der Waals surface area contributed by atoms with Crippen molar-refractivity contribution < 1.29 is 60.1 Å². The van der Waals surface area contributed by atoms with E-state index in [0.717, 1.165) is 34.1 Å². The number of aryl methyl sites for hydroxylation is 2. The molecule has 0 saturated heterocycles. The maximum absolute atomic E-state index is 11.2. The predicted octanol–water partition coefficient (Wildman–Crippen LogP) is 0.520. The fraction of sp³-hybridized carbons (Fsp3) is 0.300. The quantitative estimate of drug-likeness (QED) is 0.0890. The molecule has 0 bridgehead atoms. The molecule has 0 aliphatic carbocycles. The summed E-state index contributed by atoms with van der Waals surface area (Å²) in [7, 11) is -6.89. The van der Waals surface area contributed by atoms with Gasteiger partial charge in [-0.15, -0.1) is 0 Å². The summed E-state index contributed by atoms with van der Waals surface area (Å²) in [5.41, 5.74) is 4.09. The number of nitriles is 1. The van der Waals surface area contributed by atoms with Crippen LogP contribution in [0, 0.1) is 17.9 Å². The number of aromatic nitrogens is 2. The van der Waals surface area contributed by atoms with E-state index < -0.39 is 31.7 Å². The van der Waals surface area contributed by atoms with E-state index in [4.69, 9.17) is 6.57 Å². The van der Waals surface area contributed by atoms with Crippen LogP contribution < -0.4 is 43.9 Å². The topological polar surface area (TPSA) is 158 Å². The molecule has 1 aliphatic rings. The Balaban J connectivity index is 0.00000552. The normalized spacial score (nSPS) is 14.3. The molecular formula is C30H31N6NaO6S2. The molecule has 0 N–H and O–H groups in total. The Kier molecular flexibility index (Phi) is 12.2. The van der Waals surface area contributed by atoms with Gasteiger partial charge in [0.1, 0.15) is 5.82 Å². The molecule has 230 valence electrons. The Hall–Kier alpha value is -3.47. The molecule has 1 aromatic heterocycles. The largest absolute Gasteiger partial charge is 1.00 e. The van der Waals surface area contributed by atoms with Crippen LogP contribution in [0.5, 0.6) is 0 Å². The number of hydrogen-bond acceptors (Lipinski definition) is 9. The van der Waals surface area contributed by atoms with Gasteiger partial charge >= 0.3 is 29.6 Å². The monoisotopic (exact) mass is 658 g/mol. The SMILES string of the molecule is [C-]#[N+]c1ccc2c(c1)n(CCCS(=O)(=O)[O-])c(/C=C/C=C/C=C1\N(CC)c3ccc(C#N)cc3N1CCCS(=O)(=O)[O-])[n+]2C.[Na+]. The molecule has 0 amide bonds. The summed E-state index contributed by atoms with van der Waals surface area (Å²) in [5, 5.41) is 9.42. The van der Waals surface area contributed by atoms with E-state index in [9.17, 15) is 31.2 Å². The van der Waals surface area contributed by atoms with E-state index in [1.165, 1.54) is 0 Å². The van der Waals surface area contributed by atoms with Gasteiger partial charge in [-0.05, 0) is 56.2 Å². The van der Waals surface area contributed by atoms with E-state index in [2.05, 4.69) is 10.9 Å². The Morgan fingerprint density at radius 2 is 1.64 bits per heavy atom. The summed E-state index contributed by atoms with van der Waals surface area (Å²) in [6.07, 6.45) is 9.37. The molecule has 0 unspecified atom stereocenters. The molecule has 3 aromatic rings. The molecule has 0 radical (unpaired) electrons. The summed E-state index contributed by atoms with van der Waals surface area (Å²) in [6.45, 7) is 10.5. The van der Waals surface area contributed by atoms with Gasteiger partial charge in [-0.25, -0.2) is 30.8 Å². The van der Waals surface area contributed by atoms with Gasteiger partial charge in [0.05, 0.1) is 63.4 Å². The number of rotatable bonds is 12. The molecule has 4 rings (SSSR count). The van der Waals surface area contributed by atoms with Gasteiger partial charge in [0.2, 0.25) is 0 Å². The van der Waals surface area contributed by atoms with Gasteiger partial charge < -0.3 is 18.9 Å². The Labute approximate surface area is 285 Å². The molecule has 1 aliphatic heterocycles. The molecule has 0 atom stereocenters. The molecule has 0 spiro atoms. The van der Waals surface area contributed by atoms with Crippen LogP contribution >= 0.6 is 0 Å². The first kappa shape index (κ1) is 36.0. The third-order valence-electron chi connectivity index (χ3n) is 7.18. The number of imidazole rings is 1. The molecule has 2 aromatic carbocycles. The third-order valence-corrected chi connectivity index (χ3v) is 8.76. The van der Waals surface area contributed by atoms with Crippen molar-refractivity contribution in [3.8, 4) is 6.07 Å². The number of benzene rings is 2. The van der Waals surface area contributed by atoms with Crippen LogP contribution in [0.4, 0.5) is 17.1 Å². The van der Waals surface area contributed by atoms with Crippen molar-refractivity contribution >= 4 is 54.4 Å². The second-order valence-corrected chi connectivity index (χ2v) is 13.1. The first-order valence-electron chi connectivity index (χ1n) is 13.8. The summed E-state index contributed by atoms with van der Waals surface area (Å²) in [4.78, 5) is 7.43. The van der Waals surface area contributed by atoms with Crippen molar-refractivity contribution in [2.45, 2.75) is 26.3 Å². The minimum Gasteiger partial charge on any atom is -0.748 e. The zero-order valence-corrected chi connectivity index (χ0v) is 28.9. The van der Waals surface area contributed by atoms with Gasteiger partial charge in [-0.3, -0.25) is 0 Å². The van der Waals surface area contributed by atoms with Gasteiger partial charge in [0, 0.05) is 30.7 Å². The van der Waals surface area contributed by atoms with Crippen LogP contribution in [0.2, 0.25) is 0 Å². The molecule has 2 heterocycles. The van der Waals surface area contributed by atoms with Crippen molar-refractivity contribution in [3.05, 3.63) is 89.3 Å². The van der Waals surface area contributed by atoms with Gasteiger partial charge in [0.25, 0.3) is 5.82 Å². The zero-order chi connectivity index (χ0) is 32.1. The van der Waals surface area contributed by atoms with Gasteiger partial charge in [-0.2, -0.15) is 5.26 Å². The average Bonchev–Trinajstić information content (AvgIpc) is 3.41. The van der Waals surface area contributed by atoms with E-state index in [-0.39, 0.29) is 55.5 Å². The van der Waals surface area contributed by atoms with Crippen molar-refractivity contribution in [2.24, 2.45) is 7.05 Å². The first-order chi connectivity index (χ1) is 20.9. The summed E-state index contributed by atoms with van der Waals surface area (Å²) in [5.74, 6) is 0.489. The van der Waals surface area contributed by atoms with Crippen molar-refractivity contribution in [1.29, 1.82) is 5.26 Å². The van der Waals surface area contributed by atoms with Crippen LogP contribution in [0.1, 0.15) is 31.2 Å². The van der Waals surface area contributed by atoms with Gasteiger partial charge in [-0.1, -0.05) is 24.3 Å².